The maximum atomic E-state index is 8.34. The fourth-order valence-corrected chi connectivity index (χ4v) is 4.26. The maximum absolute atomic E-state index is 8.34. The van der Waals surface area contributed by atoms with Crippen LogP contribution >= 0.6 is 0 Å². The third kappa shape index (κ3) is 3.20. The molecule has 3 aromatic heterocycles. The van der Waals surface area contributed by atoms with Crippen LogP contribution in [0.25, 0.3) is 11.1 Å². The number of hydrogen-bond acceptors (Lipinski definition) is 6. The molecule has 1 aliphatic heterocycles. The van der Waals surface area contributed by atoms with Crippen molar-refractivity contribution in [2.75, 3.05) is 11.4 Å². The Balaban J connectivity index is 1.54. The minimum absolute atomic E-state index is 0.309. The van der Waals surface area contributed by atoms with Crippen LogP contribution in [-0.4, -0.2) is 32.6 Å². The molecule has 0 atom stereocenters. The Kier molecular flexibility index (Phi) is 4.46. The van der Waals surface area contributed by atoms with Gasteiger partial charge in [-0.2, -0.15) is 0 Å². The highest BCUT2D eigenvalue weighted by Crippen LogP contribution is 2.45. The third-order valence-electron chi connectivity index (χ3n) is 6.12. The Morgan fingerprint density at radius 2 is 1.90 bits per heavy atom. The van der Waals surface area contributed by atoms with Crippen molar-refractivity contribution in [3.8, 4) is 11.1 Å². The summed E-state index contributed by atoms with van der Waals surface area (Å²) >= 11 is 0. The molecule has 4 heterocycles. The van der Waals surface area contributed by atoms with Crippen LogP contribution in [0.4, 0.5) is 5.82 Å². The summed E-state index contributed by atoms with van der Waals surface area (Å²) in [5.41, 5.74) is 7.93. The summed E-state index contributed by atoms with van der Waals surface area (Å²) in [6.07, 6.45) is 8.13. The van der Waals surface area contributed by atoms with Gasteiger partial charge in [-0.15, -0.1) is 5.10 Å². The molecule has 0 bridgehead atoms. The average Bonchev–Trinajstić information content (AvgIpc) is 3.60. The Bertz CT molecular complexity index is 1190. The van der Waals surface area contributed by atoms with Gasteiger partial charge >= 0.3 is 0 Å². The van der Waals surface area contributed by atoms with Crippen LogP contribution in [0.3, 0.4) is 0 Å². The topological polar surface area (TPSA) is 94.5 Å². The molecular weight excluding hydrogens is 374 g/mol. The van der Waals surface area contributed by atoms with Crippen molar-refractivity contribution in [2.24, 2.45) is 0 Å². The predicted molar refractivity (Wildman–Crippen MR) is 116 cm³/mol. The molecule has 2 aliphatic rings. The van der Waals surface area contributed by atoms with E-state index in [-0.39, 0.29) is 0 Å². The van der Waals surface area contributed by atoms with Gasteiger partial charge in [0.1, 0.15) is 6.34 Å². The van der Waals surface area contributed by atoms with E-state index in [1.165, 1.54) is 15.8 Å². The lowest BCUT2D eigenvalue weighted by Crippen LogP contribution is -2.36. The second-order valence-corrected chi connectivity index (χ2v) is 8.25. The summed E-state index contributed by atoms with van der Waals surface area (Å²) in [5.74, 6) is 1.41. The molecule has 2 N–H and O–H groups in total. The fourth-order valence-electron chi connectivity index (χ4n) is 4.26. The quantitative estimate of drug-likeness (QED) is 0.520. The van der Waals surface area contributed by atoms with E-state index < -0.39 is 0 Å². The van der Waals surface area contributed by atoms with E-state index in [0.29, 0.717) is 11.4 Å². The van der Waals surface area contributed by atoms with Crippen molar-refractivity contribution in [1.29, 1.82) is 10.8 Å². The first-order chi connectivity index (χ1) is 14.5. The number of nitrogens with zero attached hydrogens (tertiary/aromatic N) is 5. The number of fused-ring (bicyclic) bond motifs is 1. The molecular formula is C23H25N7. The largest absolute Gasteiger partial charge is 0.350 e. The molecule has 0 spiro atoms. The van der Waals surface area contributed by atoms with Crippen molar-refractivity contribution in [3.05, 3.63) is 64.2 Å². The lowest BCUT2D eigenvalue weighted by Gasteiger charge is -2.31. The number of aromatic nitrogens is 4. The molecule has 0 aromatic carbocycles. The summed E-state index contributed by atoms with van der Waals surface area (Å²) < 4.78 is 1.37. The number of nitrogens with one attached hydrogen (secondary N) is 2. The smallest absolute Gasteiger partial charge is 0.153 e. The molecule has 0 unspecified atom stereocenters. The van der Waals surface area contributed by atoms with E-state index >= 15 is 0 Å². The summed E-state index contributed by atoms with van der Waals surface area (Å²) in [5, 5.41) is 20.7. The van der Waals surface area contributed by atoms with E-state index in [2.05, 4.69) is 27.1 Å². The van der Waals surface area contributed by atoms with Gasteiger partial charge in [-0.25, -0.2) is 4.68 Å². The van der Waals surface area contributed by atoms with Crippen molar-refractivity contribution >= 4 is 12.2 Å². The first-order valence-electron chi connectivity index (χ1n) is 10.4. The summed E-state index contributed by atoms with van der Waals surface area (Å²) in [6.45, 7) is 5.55. The number of rotatable bonds is 4. The highest BCUT2D eigenvalue weighted by Gasteiger charge is 2.33. The second kappa shape index (κ2) is 7.16. The summed E-state index contributed by atoms with van der Waals surface area (Å²) in [7, 11) is 0. The molecule has 0 amide bonds. The van der Waals surface area contributed by atoms with Crippen LogP contribution in [0, 0.1) is 24.7 Å². The van der Waals surface area contributed by atoms with Gasteiger partial charge < -0.3 is 4.90 Å². The minimum atomic E-state index is 0.309. The van der Waals surface area contributed by atoms with Crippen LogP contribution in [0.5, 0.6) is 0 Å². The van der Waals surface area contributed by atoms with Gasteiger partial charge in [0.25, 0.3) is 0 Å². The van der Waals surface area contributed by atoms with Crippen molar-refractivity contribution in [1.82, 2.24) is 19.7 Å². The van der Waals surface area contributed by atoms with E-state index in [1.807, 2.05) is 32.3 Å². The van der Waals surface area contributed by atoms with Gasteiger partial charge in [-0.1, -0.05) is 6.07 Å². The number of anilines is 1. The average molecular weight is 400 g/mol. The van der Waals surface area contributed by atoms with Gasteiger partial charge in [0.05, 0.1) is 0 Å². The molecule has 1 aliphatic carbocycles. The normalized spacial score (nSPS) is 15.7. The van der Waals surface area contributed by atoms with Crippen molar-refractivity contribution < 1.29 is 0 Å². The lowest BCUT2D eigenvalue weighted by molar-refractivity contribution is 0.673. The van der Waals surface area contributed by atoms with Gasteiger partial charge in [-0.05, 0) is 50.3 Å². The molecule has 7 heteroatoms. The zero-order chi connectivity index (χ0) is 20.8. The highest BCUT2D eigenvalue weighted by molar-refractivity contribution is 5.64. The first-order valence-corrected chi connectivity index (χ1v) is 10.4. The predicted octanol–water partition coefficient (Wildman–Crippen LogP) is 3.33. The highest BCUT2D eigenvalue weighted by atomic mass is 15.3. The van der Waals surface area contributed by atoms with Crippen LogP contribution in [0.15, 0.2) is 30.6 Å². The molecule has 0 radical (unpaired) electrons. The molecule has 1 saturated carbocycles. The van der Waals surface area contributed by atoms with E-state index in [1.54, 1.807) is 0 Å². The van der Waals surface area contributed by atoms with Gasteiger partial charge in [0.2, 0.25) is 0 Å². The Labute approximate surface area is 175 Å². The Hall–Kier alpha value is -3.35. The standard InChI is InChI=1S/C23H25N7/c1-14-3-4-17(10-26-14)18-9-19-12-29(8-7-20(19)27-11-18)23-21(16-5-6-16)15(2)22(25)30(13-24)28-23/h3-4,9-11,13,16,24-25H,5-8,12H2,1-2H3. The van der Waals surface area contributed by atoms with E-state index in [0.717, 1.165) is 72.6 Å². The first kappa shape index (κ1) is 18.7. The van der Waals surface area contributed by atoms with Crippen LogP contribution in [-0.2, 0) is 13.0 Å². The third-order valence-corrected chi connectivity index (χ3v) is 6.12. The SMILES string of the molecule is Cc1ccc(-c2cnc3c(c2)CN(c2nn(C=N)c(=N)c(C)c2C2CC2)CC3)cn1. The summed E-state index contributed by atoms with van der Waals surface area (Å²) in [4.78, 5) is 11.4. The minimum Gasteiger partial charge on any atom is -0.350 e. The summed E-state index contributed by atoms with van der Waals surface area (Å²) in [6, 6.07) is 6.32. The van der Waals surface area contributed by atoms with Crippen LogP contribution in [0.1, 0.15) is 46.8 Å². The van der Waals surface area contributed by atoms with Gasteiger partial charge in [0.15, 0.2) is 11.3 Å². The van der Waals surface area contributed by atoms with Crippen molar-refractivity contribution in [3.63, 3.8) is 0 Å². The molecule has 30 heavy (non-hydrogen) atoms. The number of aryl methyl sites for hydroxylation is 1. The van der Waals surface area contributed by atoms with Gasteiger partial charge in [0, 0.05) is 65.5 Å². The number of hydrogen-bond donors (Lipinski definition) is 2. The second-order valence-electron chi connectivity index (χ2n) is 8.25. The van der Waals surface area contributed by atoms with Crippen LogP contribution < -0.4 is 10.4 Å². The number of pyridine rings is 2. The lowest BCUT2D eigenvalue weighted by atomic mass is 9.99. The molecule has 7 nitrogen and oxygen atoms in total. The molecule has 5 rings (SSSR count). The zero-order valence-corrected chi connectivity index (χ0v) is 17.3. The monoisotopic (exact) mass is 399 g/mol. The Morgan fingerprint density at radius 1 is 1.10 bits per heavy atom. The molecule has 3 aromatic rings. The van der Waals surface area contributed by atoms with Gasteiger partial charge in [-0.3, -0.25) is 20.8 Å². The van der Waals surface area contributed by atoms with Crippen LogP contribution in [0.2, 0.25) is 0 Å². The molecule has 0 saturated heterocycles. The van der Waals surface area contributed by atoms with Crippen molar-refractivity contribution in [2.45, 2.75) is 45.6 Å². The molecule has 1 fully saturated rings. The molecule has 152 valence electrons. The Morgan fingerprint density at radius 3 is 2.60 bits per heavy atom. The fraction of sp³-hybridized carbons (Fsp3) is 0.348. The van der Waals surface area contributed by atoms with E-state index in [9.17, 15) is 0 Å². The maximum Gasteiger partial charge on any atom is 0.153 e. The zero-order valence-electron chi connectivity index (χ0n) is 17.3. The van der Waals surface area contributed by atoms with E-state index in [4.69, 9.17) is 15.8 Å².